The Morgan fingerprint density at radius 1 is 1.30 bits per heavy atom. The number of amides is 1. The summed E-state index contributed by atoms with van der Waals surface area (Å²) in [6.07, 6.45) is 0.588. The van der Waals surface area contributed by atoms with Crippen molar-refractivity contribution in [2.75, 3.05) is 7.05 Å². The molecule has 0 aliphatic heterocycles. The topological polar surface area (TPSA) is 57.6 Å². The molecule has 0 radical (unpaired) electrons. The fourth-order valence-electron chi connectivity index (χ4n) is 1.91. The van der Waals surface area contributed by atoms with E-state index in [9.17, 15) is 18.4 Å². The van der Waals surface area contributed by atoms with Crippen LogP contribution in [-0.2, 0) is 16.0 Å². The molecule has 0 aromatic heterocycles. The Hall–Kier alpha value is -1.98. The Morgan fingerprint density at radius 3 is 2.45 bits per heavy atom. The molecule has 1 unspecified atom stereocenters. The van der Waals surface area contributed by atoms with Crippen LogP contribution in [0.1, 0.15) is 25.3 Å². The van der Waals surface area contributed by atoms with Crippen LogP contribution in [0.3, 0.4) is 0 Å². The van der Waals surface area contributed by atoms with Crippen LogP contribution in [0.2, 0.25) is 0 Å². The second-order valence-corrected chi connectivity index (χ2v) is 4.52. The summed E-state index contributed by atoms with van der Waals surface area (Å²) in [4.78, 5) is 24.0. The number of aliphatic carboxylic acids is 1. The van der Waals surface area contributed by atoms with E-state index in [0.717, 1.165) is 12.1 Å². The molecular formula is C14H17F2NO3. The highest BCUT2D eigenvalue weighted by Gasteiger charge is 2.24. The van der Waals surface area contributed by atoms with Gasteiger partial charge in [0.2, 0.25) is 5.91 Å². The zero-order chi connectivity index (χ0) is 15.3. The zero-order valence-electron chi connectivity index (χ0n) is 11.4. The van der Waals surface area contributed by atoms with Gasteiger partial charge >= 0.3 is 5.97 Å². The molecule has 1 rings (SSSR count). The van der Waals surface area contributed by atoms with E-state index < -0.39 is 23.6 Å². The summed E-state index contributed by atoms with van der Waals surface area (Å²) in [6.45, 7) is 1.68. The Kier molecular flexibility index (Phi) is 5.61. The molecule has 1 atom stereocenters. The fourth-order valence-corrected chi connectivity index (χ4v) is 1.91. The first-order chi connectivity index (χ1) is 9.36. The Morgan fingerprint density at radius 2 is 1.95 bits per heavy atom. The van der Waals surface area contributed by atoms with Crippen LogP contribution in [0.25, 0.3) is 0 Å². The zero-order valence-corrected chi connectivity index (χ0v) is 11.4. The lowest BCUT2D eigenvalue weighted by Gasteiger charge is -2.23. The number of hydrogen-bond acceptors (Lipinski definition) is 2. The van der Waals surface area contributed by atoms with E-state index in [1.54, 1.807) is 6.92 Å². The minimum atomic E-state index is -1.06. The van der Waals surface area contributed by atoms with E-state index in [1.165, 1.54) is 18.0 Å². The minimum Gasteiger partial charge on any atom is -0.480 e. The highest BCUT2D eigenvalue weighted by molar-refractivity contribution is 5.83. The highest BCUT2D eigenvalue weighted by atomic mass is 19.2. The number of carboxylic acids is 1. The van der Waals surface area contributed by atoms with Crippen molar-refractivity contribution >= 4 is 11.9 Å². The number of rotatable bonds is 6. The van der Waals surface area contributed by atoms with Gasteiger partial charge in [0.1, 0.15) is 6.04 Å². The van der Waals surface area contributed by atoms with Gasteiger partial charge in [-0.2, -0.15) is 0 Å². The maximum atomic E-state index is 13.0. The summed E-state index contributed by atoms with van der Waals surface area (Å²) >= 11 is 0. The minimum absolute atomic E-state index is 0.0470. The Bertz CT molecular complexity index is 505. The van der Waals surface area contributed by atoms with Gasteiger partial charge in [0.25, 0.3) is 0 Å². The van der Waals surface area contributed by atoms with Gasteiger partial charge in [-0.25, -0.2) is 13.6 Å². The van der Waals surface area contributed by atoms with E-state index in [1.807, 2.05) is 0 Å². The monoisotopic (exact) mass is 285 g/mol. The number of hydrogen-bond donors (Lipinski definition) is 1. The molecule has 6 heteroatoms. The van der Waals surface area contributed by atoms with Crippen LogP contribution < -0.4 is 0 Å². The Balaban J connectivity index is 2.62. The van der Waals surface area contributed by atoms with Crippen molar-refractivity contribution in [2.45, 2.75) is 32.2 Å². The number of carboxylic acid groups (broad SMARTS) is 1. The first kappa shape index (κ1) is 16.1. The molecule has 110 valence electrons. The lowest BCUT2D eigenvalue weighted by atomic mass is 10.1. The standard InChI is InChI=1S/C14H17F2NO3/c1-3-12(14(19)20)17(2)13(18)7-5-9-4-6-10(15)11(16)8-9/h4,6,8,12H,3,5,7H2,1-2H3,(H,19,20). The molecule has 0 saturated heterocycles. The second-order valence-electron chi connectivity index (χ2n) is 4.52. The number of halogens is 2. The number of aryl methyl sites for hydroxylation is 1. The van der Waals surface area contributed by atoms with Gasteiger partial charge in [-0.3, -0.25) is 4.79 Å². The highest BCUT2D eigenvalue weighted by Crippen LogP contribution is 2.12. The van der Waals surface area contributed by atoms with Crippen molar-refractivity contribution in [3.63, 3.8) is 0 Å². The molecule has 0 saturated carbocycles. The van der Waals surface area contributed by atoms with E-state index in [2.05, 4.69) is 0 Å². The van der Waals surface area contributed by atoms with E-state index in [-0.39, 0.29) is 18.7 Å². The summed E-state index contributed by atoms with van der Waals surface area (Å²) in [5.41, 5.74) is 0.494. The molecule has 20 heavy (non-hydrogen) atoms. The molecule has 4 nitrogen and oxygen atoms in total. The molecule has 0 heterocycles. The maximum absolute atomic E-state index is 13.0. The predicted octanol–water partition coefficient (Wildman–Crippen LogP) is 2.22. The normalized spacial score (nSPS) is 12.0. The quantitative estimate of drug-likeness (QED) is 0.872. The van der Waals surface area contributed by atoms with Gasteiger partial charge in [-0.1, -0.05) is 13.0 Å². The molecule has 1 N–H and O–H groups in total. The third kappa shape index (κ3) is 4.01. The van der Waals surface area contributed by atoms with Crippen molar-refractivity contribution in [3.05, 3.63) is 35.4 Å². The van der Waals surface area contributed by atoms with Gasteiger partial charge < -0.3 is 10.0 Å². The number of carbonyl (C=O) groups excluding carboxylic acids is 1. The number of likely N-dealkylation sites (N-methyl/N-ethyl adjacent to an activating group) is 1. The van der Waals surface area contributed by atoms with Crippen molar-refractivity contribution in [2.24, 2.45) is 0 Å². The molecular weight excluding hydrogens is 268 g/mol. The molecule has 1 amide bonds. The molecule has 0 spiro atoms. The molecule has 0 aliphatic rings. The van der Waals surface area contributed by atoms with Crippen molar-refractivity contribution < 1.29 is 23.5 Å². The lowest BCUT2D eigenvalue weighted by Crippen LogP contribution is -2.42. The van der Waals surface area contributed by atoms with Crippen molar-refractivity contribution in [1.82, 2.24) is 4.90 Å². The average molecular weight is 285 g/mol. The average Bonchev–Trinajstić information content (AvgIpc) is 2.40. The summed E-state index contributed by atoms with van der Waals surface area (Å²) in [7, 11) is 1.43. The second kappa shape index (κ2) is 6.98. The van der Waals surface area contributed by atoms with Crippen LogP contribution in [0.4, 0.5) is 8.78 Å². The van der Waals surface area contributed by atoms with Crippen LogP contribution in [-0.4, -0.2) is 35.0 Å². The Labute approximate surface area is 116 Å². The first-order valence-electron chi connectivity index (χ1n) is 6.29. The summed E-state index contributed by atoms with van der Waals surface area (Å²) in [5.74, 6) is -3.30. The first-order valence-corrected chi connectivity index (χ1v) is 6.29. The third-order valence-corrected chi connectivity index (χ3v) is 3.14. The molecule has 1 aromatic carbocycles. The molecule has 0 fully saturated rings. The summed E-state index contributed by atoms with van der Waals surface area (Å²) in [5, 5.41) is 8.96. The lowest BCUT2D eigenvalue weighted by molar-refractivity contribution is -0.149. The molecule has 1 aromatic rings. The number of benzene rings is 1. The van der Waals surface area contributed by atoms with Gasteiger partial charge in [-0.15, -0.1) is 0 Å². The van der Waals surface area contributed by atoms with E-state index >= 15 is 0 Å². The van der Waals surface area contributed by atoms with Crippen molar-refractivity contribution in [3.8, 4) is 0 Å². The van der Waals surface area contributed by atoms with Crippen LogP contribution in [0, 0.1) is 11.6 Å². The van der Waals surface area contributed by atoms with Crippen LogP contribution in [0.15, 0.2) is 18.2 Å². The molecule has 0 aliphatic carbocycles. The third-order valence-electron chi connectivity index (χ3n) is 3.14. The maximum Gasteiger partial charge on any atom is 0.326 e. The predicted molar refractivity (Wildman–Crippen MR) is 69.2 cm³/mol. The van der Waals surface area contributed by atoms with Gasteiger partial charge in [0, 0.05) is 13.5 Å². The van der Waals surface area contributed by atoms with E-state index in [0.29, 0.717) is 12.0 Å². The number of nitrogens with zero attached hydrogens (tertiary/aromatic N) is 1. The van der Waals surface area contributed by atoms with Crippen LogP contribution >= 0.6 is 0 Å². The van der Waals surface area contributed by atoms with Crippen molar-refractivity contribution in [1.29, 1.82) is 0 Å². The fraction of sp³-hybridized carbons (Fsp3) is 0.429. The van der Waals surface area contributed by atoms with Gasteiger partial charge in [0.15, 0.2) is 11.6 Å². The van der Waals surface area contributed by atoms with Crippen LogP contribution in [0.5, 0.6) is 0 Å². The van der Waals surface area contributed by atoms with Gasteiger partial charge in [0.05, 0.1) is 0 Å². The molecule has 0 bridgehead atoms. The van der Waals surface area contributed by atoms with E-state index in [4.69, 9.17) is 5.11 Å². The largest absolute Gasteiger partial charge is 0.480 e. The smallest absolute Gasteiger partial charge is 0.326 e. The number of carbonyl (C=O) groups is 2. The SMILES string of the molecule is CCC(C(=O)O)N(C)C(=O)CCc1ccc(F)c(F)c1. The van der Waals surface area contributed by atoms with Gasteiger partial charge in [-0.05, 0) is 30.5 Å². The summed E-state index contributed by atoms with van der Waals surface area (Å²) < 4.78 is 25.8. The summed E-state index contributed by atoms with van der Waals surface area (Å²) in [6, 6.07) is 2.58.